The summed E-state index contributed by atoms with van der Waals surface area (Å²) in [5, 5.41) is 9.82. The van der Waals surface area contributed by atoms with Crippen LogP contribution >= 0.6 is 11.6 Å². The molecule has 20 heavy (non-hydrogen) atoms. The molecule has 0 saturated carbocycles. The molecule has 0 bridgehead atoms. The van der Waals surface area contributed by atoms with Crippen LogP contribution in [0.2, 0.25) is 5.02 Å². The predicted molar refractivity (Wildman–Crippen MR) is 73.9 cm³/mol. The van der Waals surface area contributed by atoms with Crippen LogP contribution in [0.4, 0.5) is 0 Å². The van der Waals surface area contributed by atoms with E-state index < -0.39 is 17.4 Å². The minimum absolute atomic E-state index is 0.0542. The second-order valence-corrected chi connectivity index (χ2v) is 4.56. The molecule has 0 spiro atoms. The SMILES string of the molecule is CCOC(=O)C(CCOC)(C(=O)O)c1ccccc1Cl. The minimum Gasteiger partial charge on any atom is -0.480 e. The molecule has 0 fully saturated rings. The lowest BCUT2D eigenvalue weighted by Gasteiger charge is -2.28. The van der Waals surface area contributed by atoms with E-state index in [1.165, 1.54) is 13.2 Å². The second-order valence-electron chi connectivity index (χ2n) is 4.15. The fourth-order valence-corrected chi connectivity index (χ4v) is 2.27. The summed E-state index contributed by atoms with van der Waals surface area (Å²) >= 11 is 6.06. The largest absolute Gasteiger partial charge is 0.480 e. The number of ether oxygens (including phenoxy) is 2. The molecule has 0 aliphatic heterocycles. The average molecular weight is 301 g/mol. The van der Waals surface area contributed by atoms with Gasteiger partial charge in [-0.1, -0.05) is 29.8 Å². The van der Waals surface area contributed by atoms with Crippen molar-refractivity contribution in [3.8, 4) is 0 Å². The Balaban J connectivity index is 3.40. The first-order valence-corrected chi connectivity index (χ1v) is 6.53. The Kier molecular flexibility index (Phi) is 5.98. The molecular weight excluding hydrogens is 284 g/mol. The molecule has 0 saturated heterocycles. The van der Waals surface area contributed by atoms with E-state index in [1.54, 1.807) is 25.1 Å². The molecule has 0 radical (unpaired) electrons. The Hall–Kier alpha value is -1.59. The summed E-state index contributed by atoms with van der Waals surface area (Å²) in [4.78, 5) is 24.0. The lowest BCUT2D eigenvalue weighted by molar-refractivity contribution is -0.162. The molecule has 1 aromatic rings. The first kappa shape index (κ1) is 16.5. The summed E-state index contributed by atoms with van der Waals surface area (Å²) in [7, 11) is 1.43. The number of carboxylic acid groups (broad SMARTS) is 1. The molecule has 0 aliphatic rings. The highest BCUT2D eigenvalue weighted by Crippen LogP contribution is 2.35. The van der Waals surface area contributed by atoms with Crippen molar-refractivity contribution in [3.05, 3.63) is 34.9 Å². The number of hydrogen-bond donors (Lipinski definition) is 1. The van der Waals surface area contributed by atoms with Crippen LogP contribution in [-0.4, -0.2) is 37.4 Å². The van der Waals surface area contributed by atoms with Gasteiger partial charge in [0, 0.05) is 25.2 Å². The normalized spacial score (nSPS) is 13.6. The number of methoxy groups -OCH3 is 1. The molecule has 0 aliphatic carbocycles. The molecule has 1 unspecified atom stereocenters. The van der Waals surface area contributed by atoms with Crippen LogP contribution in [0, 0.1) is 0 Å². The van der Waals surface area contributed by atoms with Crippen LogP contribution in [0.15, 0.2) is 24.3 Å². The Morgan fingerprint density at radius 1 is 1.35 bits per heavy atom. The topological polar surface area (TPSA) is 72.8 Å². The fraction of sp³-hybridized carbons (Fsp3) is 0.429. The van der Waals surface area contributed by atoms with Gasteiger partial charge in [0.15, 0.2) is 5.41 Å². The van der Waals surface area contributed by atoms with Gasteiger partial charge in [-0.3, -0.25) is 9.59 Å². The maximum absolute atomic E-state index is 12.2. The maximum atomic E-state index is 12.2. The number of benzene rings is 1. The number of rotatable bonds is 7. The summed E-state index contributed by atoms with van der Waals surface area (Å²) in [6.45, 7) is 1.80. The van der Waals surface area contributed by atoms with Gasteiger partial charge in [-0.2, -0.15) is 0 Å². The first-order valence-electron chi connectivity index (χ1n) is 6.15. The zero-order valence-corrected chi connectivity index (χ0v) is 12.1. The Morgan fingerprint density at radius 3 is 2.50 bits per heavy atom. The van der Waals surface area contributed by atoms with Gasteiger partial charge in [0.25, 0.3) is 0 Å². The molecule has 110 valence electrons. The molecule has 0 heterocycles. The molecular formula is C14H17ClO5. The first-order chi connectivity index (χ1) is 9.50. The van der Waals surface area contributed by atoms with E-state index in [0.29, 0.717) is 0 Å². The third-order valence-electron chi connectivity index (χ3n) is 3.00. The number of hydrogen-bond acceptors (Lipinski definition) is 4. The molecule has 6 heteroatoms. The van der Waals surface area contributed by atoms with Crippen molar-refractivity contribution in [2.75, 3.05) is 20.3 Å². The Labute approximate surface area is 122 Å². The highest BCUT2D eigenvalue weighted by Gasteiger charge is 2.50. The minimum atomic E-state index is -1.86. The van der Waals surface area contributed by atoms with Crippen molar-refractivity contribution in [1.29, 1.82) is 0 Å². The Bertz CT molecular complexity index is 488. The smallest absolute Gasteiger partial charge is 0.328 e. The second kappa shape index (κ2) is 7.26. The summed E-state index contributed by atoms with van der Waals surface area (Å²) in [6, 6.07) is 6.36. The van der Waals surface area contributed by atoms with E-state index in [9.17, 15) is 14.7 Å². The quantitative estimate of drug-likeness (QED) is 0.617. The number of carboxylic acids is 1. The van der Waals surface area contributed by atoms with E-state index in [4.69, 9.17) is 21.1 Å². The van der Waals surface area contributed by atoms with Crippen molar-refractivity contribution >= 4 is 23.5 Å². The molecule has 0 amide bonds. The Morgan fingerprint density at radius 2 is 2.00 bits per heavy atom. The highest BCUT2D eigenvalue weighted by atomic mass is 35.5. The van der Waals surface area contributed by atoms with Gasteiger partial charge in [-0.25, -0.2) is 0 Å². The third kappa shape index (κ3) is 3.11. The molecule has 1 aromatic carbocycles. The average Bonchev–Trinajstić information content (AvgIpc) is 2.41. The monoisotopic (exact) mass is 300 g/mol. The van der Waals surface area contributed by atoms with Crippen LogP contribution in [0.25, 0.3) is 0 Å². The van der Waals surface area contributed by atoms with Crippen molar-refractivity contribution in [1.82, 2.24) is 0 Å². The molecule has 5 nitrogen and oxygen atoms in total. The van der Waals surface area contributed by atoms with Gasteiger partial charge in [0.05, 0.1) is 6.61 Å². The van der Waals surface area contributed by atoms with Gasteiger partial charge in [0.2, 0.25) is 0 Å². The van der Waals surface area contributed by atoms with Crippen molar-refractivity contribution in [3.63, 3.8) is 0 Å². The van der Waals surface area contributed by atoms with Gasteiger partial charge in [-0.05, 0) is 18.6 Å². The van der Waals surface area contributed by atoms with Crippen LogP contribution in [0.5, 0.6) is 0 Å². The number of carbonyl (C=O) groups excluding carboxylic acids is 1. The highest BCUT2D eigenvalue weighted by molar-refractivity contribution is 6.32. The van der Waals surface area contributed by atoms with Crippen molar-refractivity contribution < 1.29 is 24.2 Å². The number of aliphatic carboxylic acids is 1. The van der Waals surface area contributed by atoms with Crippen LogP contribution in [0.3, 0.4) is 0 Å². The lowest BCUT2D eigenvalue weighted by atomic mass is 9.77. The lowest BCUT2D eigenvalue weighted by Crippen LogP contribution is -2.46. The van der Waals surface area contributed by atoms with Gasteiger partial charge < -0.3 is 14.6 Å². The van der Waals surface area contributed by atoms with Crippen molar-refractivity contribution in [2.45, 2.75) is 18.8 Å². The molecule has 0 aromatic heterocycles. The van der Waals surface area contributed by atoms with Crippen molar-refractivity contribution in [2.24, 2.45) is 0 Å². The number of esters is 1. The zero-order chi connectivity index (χ0) is 15.2. The molecule has 1 N–H and O–H groups in total. The third-order valence-corrected chi connectivity index (χ3v) is 3.33. The van der Waals surface area contributed by atoms with Crippen LogP contribution < -0.4 is 0 Å². The number of carbonyl (C=O) groups is 2. The maximum Gasteiger partial charge on any atom is 0.328 e. The number of halogens is 1. The van der Waals surface area contributed by atoms with E-state index in [2.05, 4.69) is 0 Å². The van der Waals surface area contributed by atoms with Crippen LogP contribution in [-0.2, 0) is 24.5 Å². The van der Waals surface area contributed by atoms with E-state index in [1.807, 2.05) is 0 Å². The molecule has 1 atom stereocenters. The molecule has 1 rings (SSSR count). The fourth-order valence-electron chi connectivity index (χ4n) is 1.97. The van der Waals surface area contributed by atoms with Crippen LogP contribution in [0.1, 0.15) is 18.9 Å². The van der Waals surface area contributed by atoms with Gasteiger partial charge >= 0.3 is 11.9 Å². The summed E-state index contributed by atoms with van der Waals surface area (Å²) in [6.07, 6.45) is -0.0542. The van der Waals surface area contributed by atoms with E-state index >= 15 is 0 Å². The summed E-state index contributed by atoms with van der Waals surface area (Å²) in [5.41, 5.74) is -1.64. The zero-order valence-electron chi connectivity index (χ0n) is 11.4. The standard InChI is InChI=1S/C14H17ClO5/c1-3-20-13(18)14(12(16)17,8-9-19-2)10-6-4-5-7-11(10)15/h4-7H,3,8-9H2,1-2H3,(H,16,17). The van der Waals surface area contributed by atoms with Gasteiger partial charge in [0.1, 0.15) is 0 Å². The predicted octanol–water partition coefficient (Wildman–Crippen LogP) is 2.26. The summed E-state index contributed by atoms with van der Waals surface area (Å²) < 4.78 is 9.86. The van der Waals surface area contributed by atoms with Gasteiger partial charge in [-0.15, -0.1) is 0 Å². The summed E-state index contributed by atoms with van der Waals surface area (Å²) in [5.74, 6) is -2.14. The van der Waals surface area contributed by atoms with E-state index in [0.717, 1.165) is 0 Å². The van der Waals surface area contributed by atoms with E-state index in [-0.39, 0.29) is 30.2 Å².